The number of amidine groups is 1. The van der Waals surface area contributed by atoms with Crippen molar-refractivity contribution in [2.45, 2.75) is 13.0 Å². The Bertz CT molecular complexity index is 593. The van der Waals surface area contributed by atoms with E-state index in [1.165, 1.54) is 11.3 Å². The number of benzene rings is 1. The largest absolute Gasteiger partial charge is 0.409 e. The van der Waals surface area contributed by atoms with E-state index >= 15 is 0 Å². The fraction of sp³-hybridized carbons (Fsp3) is 0.154. The van der Waals surface area contributed by atoms with Gasteiger partial charge in [0.2, 0.25) is 5.91 Å². The molecule has 0 fully saturated rings. The van der Waals surface area contributed by atoms with Crippen molar-refractivity contribution >= 4 is 23.1 Å². The predicted octanol–water partition coefficient (Wildman–Crippen LogP) is 1.10. The van der Waals surface area contributed by atoms with Crippen molar-refractivity contribution < 1.29 is 10.0 Å². The molecule has 1 aromatic heterocycles. The van der Waals surface area contributed by atoms with Gasteiger partial charge in [0.05, 0.1) is 18.5 Å². The molecule has 2 aromatic rings. The number of thiazole rings is 1. The summed E-state index contributed by atoms with van der Waals surface area (Å²) in [5, 5.41) is 14.3. The van der Waals surface area contributed by atoms with Crippen LogP contribution in [0.5, 0.6) is 0 Å². The smallest absolute Gasteiger partial charge is 0.224 e. The maximum absolute atomic E-state index is 11.8. The fourth-order valence-electron chi connectivity index (χ4n) is 1.61. The molecule has 0 atom stereocenters. The van der Waals surface area contributed by atoms with E-state index < -0.39 is 0 Å². The van der Waals surface area contributed by atoms with Gasteiger partial charge in [-0.25, -0.2) is 0 Å². The van der Waals surface area contributed by atoms with E-state index in [1.54, 1.807) is 36.0 Å². The van der Waals surface area contributed by atoms with E-state index in [2.05, 4.69) is 15.5 Å². The van der Waals surface area contributed by atoms with E-state index in [0.29, 0.717) is 12.1 Å². The first-order valence-corrected chi connectivity index (χ1v) is 6.78. The summed E-state index contributed by atoms with van der Waals surface area (Å²) in [4.78, 5) is 16.7. The zero-order chi connectivity index (χ0) is 14.4. The number of nitrogens with two attached hydrogens (primary N) is 1. The van der Waals surface area contributed by atoms with E-state index in [9.17, 15) is 4.79 Å². The number of hydrogen-bond acceptors (Lipinski definition) is 5. The summed E-state index contributed by atoms with van der Waals surface area (Å²) in [6.07, 6.45) is 2.02. The van der Waals surface area contributed by atoms with Gasteiger partial charge in [-0.05, 0) is 5.56 Å². The molecular formula is C13H14N4O2S. The predicted molar refractivity (Wildman–Crippen MR) is 76.6 cm³/mol. The van der Waals surface area contributed by atoms with Gasteiger partial charge in [0.25, 0.3) is 0 Å². The number of rotatable bonds is 5. The Balaban J connectivity index is 1.88. The second kappa shape index (κ2) is 6.67. The Hall–Kier alpha value is -2.41. The molecule has 7 heteroatoms. The number of amides is 1. The maximum Gasteiger partial charge on any atom is 0.224 e. The van der Waals surface area contributed by atoms with E-state index in [1.807, 2.05) is 0 Å². The average molecular weight is 290 g/mol. The van der Waals surface area contributed by atoms with Crippen molar-refractivity contribution in [2.75, 3.05) is 0 Å². The number of carbonyl (C=O) groups is 1. The number of nitrogens with zero attached hydrogens (tertiary/aromatic N) is 2. The zero-order valence-corrected chi connectivity index (χ0v) is 11.4. The van der Waals surface area contributed by atoms with E-state index in [4.69, 9.17) is 10.9 Å². The van der Waals surface area contributed by atoms with Crippen LogP contribution in [0.4, 0.5) is 0 Å². The lowest BCUT2D eigenvalue weighted by Gasteiger charge is -2.05. The van der Waals surface area contributed by atoms with Gasteiger partial charge in [-0.15, -0.1) is 11.3 Å². The van der Waals surface area contributed by atoms with Crippen LogP contribution in [0.2, 0.25) is 0 Å². The first-order chi connectivity index (χ1) is 9.69. The van der Waals surface area contributed by atoms with Crippen LogP contribution in [-0.2, 0) is 17.8 Å². The lowest BCUT2D eigenvalue weighted by molar-refractivity contribution is -0.120. The highest BCUT2D eigenvalue weighted by Crippen LogP contribution is 2.07. The third-order valence-electron chi connectivity index (χ3n) is 2.67. The minimum absolute atomic E-state index is 0.0474. The van der Waals surface area contributed by atoms with Crippen LogP contribution in [0.3, 0.4) is 0 Å². The molecule has 104 valence electrons. The van der Waals surface area contributed by atoms with E-state index in [0.717, 1.165) is 10.4 Å². The molecule has 0 spiro atoms. The SMILES string of the molecule is N/C(=N/O)c1ccc(CC(=O)NCc2cncs2)cc1. The van der Waals surface area contributed by atoms with Crippen LogP contribution in [0.25, 0.3) is 0 Å². The van der Waals surface area contributed by atoms with Crippen LogP contribution in [0, 0.1) is 0 Å². The topological polar surface area (TPSA) is 101 Å². The summed E-state index contributed by atoms with van der Waals surface area (Å²) < 4.78 is 0. The van der Waals surface area contributed by atoms with Crippen molar-refractivity contribution in [3.05, 3.63) is 52.0 Å². The van der Waals surface area contributed by atoms with Gasteiger partial charge in [0.15, 0.2) is 5.84 Å². The number of oxime groups is 1. The van der Waals surface area contributed by atoms with Crippen molar-refractivity contribution in [1.29, 1.82) is 0 Å². The van der Waals surface area contributed by atoms with Gasteiger partial charge in [0.1, 0.15) is 0 Å². The number of aromatic nitrogens is 1. The molecule has 1 heterocycles. The van der Waals surface area contributed by atoms with Crippen LogP contribution in [0.15, 0.2) is 41.1 Å². The maximum atomic E-state index is 11.8. The Morgan fingerprint density at radius 3 is 2.75 bits per heavy atom. The lowest BCUT2D eigenvalue weighted by Crippen LogP contribution is -2.24. The minimum Gasteiger partial charge on any atom is -0.409 e. The first kappa shape index (κ1) is 14.0. The molecule has 0 unspecified atom stereocenters. The van der Waals surface area contributed by atoms with Crippen molar-refractivity contribution in [2.24, 2.45) is 10.9 Å². The second-order valence-corrected chi connectivity index (χ2v) is 5.07. The standard InChI is InChI=1S/C13H14N4O2S/c14-13(17-19)10-3-1-9(2-4-10)5-12(18)16-7-11-6-15-8-20-11/h1-4,6,8,19H,5,7H2,(H2,14,17)(H,16,18). The van der Waals surface area contributed by atoms with Crippen LogP contribution in [-0.4, -0.2) is 21.9 Å². The van der Waals surface area contributed by atoms with Crippen molar-refractivity contribution in [3.8, 4) is 0 Å². The molecule has 1 amide bonds. The Labute approximate surface area is 120 Å². The monoisotopic (exact) mass is 290 g/mol. The minimum atomic E-state index is -0.0602. The van der Waals surface area contributed by atoms with Gasteiger partial charge in [-0.3, -0.25) is 9.78 Å². The Morgan fingerprint density at radius 1 is 1.40 bits per heavy atom. The highest BCUT2D eigenvalue weighted by molar-refractivity contribution is 7.09. The van der Waals surface area contributed by atoms with Crippen molar-refractivity contribution in [1.82, 2.24) is 10.3 Å². The summed E-state index contributed by atoms with van der Waals surface area (Å²) in [6.45, 7) is 0.492. The molecule has 0 radical (unpaired) electrons. The molecule has 20 heavy (non-hydrogen) atoms. The van der Waals surface area contributed by atoms with Gasteiger partial charge in [-0.1, -0.05) is 29.4 Å². The molecule has 0 saturated carbocycles. The molecule has 0 aliphatic rings. The van der Waals surface area contributed by atoms with Crippen LogP contribution >= 0.6 is 11.3 Å². The molecule has 4 N–H and O–H groups in total. The average Bonchev–Trinajstić information content (AvgIpc) is 2.98. The quantitative estimate of drug-likeness (QED) is 0.332. The molecule has 2 rings (SSSR count). The van der Waals surface area contributed by atoms with Gasteiger partial charge in [-0.2, -0.15) is 0 Å². The van der Waals surface area contributed by atoms with Gasteiger partial charge in [0, 0.05) is 16.6 Å². The Kier molecular flexibility index (Phi) is 4.67. The molecule has 6 nitrogen and oxygen atoms in total. The normalized spacial score (nSPS) is 11.3. The third kappa shape index (κ3) is 3.79. The third-order valence-corrected chi connectivity index (χ3v) is 3.44. The molecular weight excluding hydrogens is 276 g/mol. The number of hydrogen-bond donors (Lipinski definition) is 3. The summed E-state index contributed by atoms with van der Waals surface area (Å²) in [6, 6.07) is 6.97. The van der Waals surface area contributed by atoms with Crippen molar-refractivity contribution in [3.63, 3.8) is 0 Å². The van der Waals surface area contributed by atoms with Crippen LogP contribution < -0.4 is 11.1 Å². The number of carbonyl (C=O) groups excluding carboxylic acids is 1. The van der Waals surface area contributed by atoms with Gasteiger partial charge >= 0.3 is 0 Å². The summed E-state index contributed by atoms with van der Waals surface area (Å²) in [7, 11) is 0. The van der Waals surface area contributed by atoms with Crippen LogP contribution in [0.1, 0.15) is 16.0 Å². The second-order valence-electron chi connectivity index (χ2n) is 4.10. The number of nitrogens with one attached hydrogen (secondary N) is 1. The summed E-state index contributed by atoms with van der Waals surface area (Å²) in [5.41, 5.74) is 8.67. The lowest BCUT2D eigenvalue weighted by atomic mass is 10.1. The molecule has 0 aliphatic carbocycles. The molecule has 1 aromatic carbocycles. The summed E-state index contributed by atoms with van der Waals surface area (Å²) >= 11 is 1.50. The molecule has 0 bridgehead atoms. The zero-order valence-electron chi connectivity index (χ0n) is 10.6. The molecule has 0 aliphatic heterocycles. The van der Waals surface area contributed by atoms with Gasteiger partial charge < -0.3 is 16.3 Å². The Morgan fingerprint density at radius 2 is 2.15 bits per heavy atom. The van der Waals surface area contributed by atoms with E-state index in [-0.39, 0.29) is 18.2 Å². The first-order valence-electron chi connectivity index (χ1n) is 5.90. The highest BCUT2D eigenvalue weighted by atomic mass is 32.1. The summed E-state index contributed by atoms with van der Waals surface area (Å²) in [5.74, 6) is -0.0128. The highest BCUT2D eigenvalue weighted by Gasteiger charge is 2.05. The molecule has 0 saturated heterocycles. The fourth-order valence-corrected chi connectivity index (χ4v) is 2.15.